The van der Waals surface area contributed by atoms with E-state index >= 15 is 0 Å². The van der Waals surface area contributed by atoms with Crippen molar-refractivity contribution in [2.24, 2.45) is 0 Å². The van der Waals surface area contributed by atoms with Crippen LogP contribution in [-0.4, -0.2) is 50.0 Å². The monoisotopic (exact) mass is 460 g/mol. The molecular formula is C27H28N2O5. The van der Waals surface area contributed by atoms with E-state index in [1.807, 2.05) is 54.7 Å². The van der Waals surface area contributed by atoms with Crippen LogP contribution in [0.3, 0.4) is 0 Å². The van der Waals surface area contributed by atoms with Gasteiger partial charge in [0.15, 0.2) is 11.5 Å². The van der Waals surface area contributed by atoms with E-state index in [1.54, 1.807) is 33.5 Å². The van der Waals surface area contributed by atoms with Gasteiger partial charge in [-0.25, -0.2) is 0 Å². The fourth-order valence-electron chi connectivity index (χ4n) is 4.08. The number of rotatable bonds is 9. The van der Waals surface area contributed by atoms with Crippen molar-refractivity contribution < 1.29 is 24.1 Å². The Kier molecular flexibility index (Phi) is 7.04. The minimum atomic E-state index is -0.420. The van der Waals surface area contributed by atoms with Crippen LogP contribution in [0, 0.1) is 0 Å². The van der Waals surface area contributed by atoms with Gasteiger partial charge in [0, 0.05) is 22.7 Å². The molecule has 0 saturated heterocycles. The average Bonchev–Trinajstić information content (AvgIpc) is 3.30. The first kappa shape index (κ1) is 23.2. The number of benzene rings is 3. The number of hydrogen-bond donors (Lipinski definition) is 3. The van der Waals surface area contributed by atoms with E-state index in [0.29, 0.717) is 29.2 Å². The van der Waals surface area contributed by atoms with Crippen LogP contribution >= 0.6 is 0 Å². The van der Waals surface area contributed by atoms with E-state index in [-0.39, 0.29) is 12.5 Å². The molecule has 0 bridgehead atoms. The first-order chi connectivity index (χ1) is 16.6. The van der Waals surface area contributed by atoms with Crippen molar-refractivity contribution in [3.8, 4) is 28.4 Å². The number of aliphatic hydroxyl groups excluding tert-OH is 1. The van der Waals surface area contributed by atoms with Crippen molar-refractivity contribution in [3.05, 3.63) is 78.0 Å². The lowest BCUT2D eigenvalue weighted by Crippen LogP contribution is -2.39. The molecule has 3 N–H and O–H groups in total. The second-order valence-electron chi connectivity index (χ2n) is 7.91. The minimum absolute atomic E-state index is 0.169. The number of nitrogens with one attached hydrogen (secondary N) is 2. The van der Waals surface area contributed by atoms with Crippen molar-refractivity contribution in [1.82, 2.24) is 10.3 Å². The van der Waals surface area contributed by atoms with Gasteiger partial charge < -0.3 is 29.6 Å². The number of amides is 1. The lowest BCUT2D eigenvalue weighted by Gasteiger charge is -2.17. The fraction of sp³-hybridized carbons (Fsp3) is 0.222. The van der Waals surface area contributed by atoms with Gasteiger partial charge in [0.2, 0.25) is 5.75 Å². The summed E-state index contributed by atoms with van der Waals surface area (Å²) >= 11 is 0. The van der Waals surface area contributed by atoms with E-state index in [2.05, 4.69) is 10.3 Å². The van der Waals surface area contributed by atoms with E-state index in [4.69, 9.17) is 14.2 Å². The molecule has 3 aromatic carbocycles. The lowest BCUT2D eigenvalue weighted by molar-refractivity contribution is 0.0916. The maximum absolute atomic E-state index is 13.0. The predicted molar refractivity (Wildman–Crippen MR) is 132 cm³/mol. The van der Waals surface area contributed by atoms with E-state index in [9.17, 15) is 9.90 Å². The van der Waals surface area contributed by atoms with Crippen molar-refractivity contribution in [3.63, 3.8) is 0 Å². The van der Waals surface area contributed by atoms with Gasteiger partial charge in [-0.2, -0.15) is 0 Å². The van der Waals surface area contributed by atoms with E-state index < -0.39 is 6.04 Å². The van der Waals surface area contributed by atoms with Gasteiger partial charge >= 0.3 is 0 Å². The summed E-state index contributed by atoms with van der Waals surface area (Å²) in [5, 5.41) is 14.0. The molecule has 34 heavy (non-hydrogen) atoms. The largest absolute Gasteiger partial charge is 0.493 e. The number of H-pyrrole nitrogens is 1. The molecule has 7 nitrogen and oxygen atoms in total. The Balaban J connectivity index is 1.56. The number of aromatic nitrogens is 1. The Morgan fingerprint density at radius 1 is 0.941 bits per heavy atom. The van der Waals surface area contributed by atoms with Crippen LogP contribution in [0.15, 0.2) is 66.9 Å². The Morgan fingerprint density at radius 2 is 1.68 bits per heavy atom. The van der Waals surface area contributed by atoms with Gasteiger partial charge in [-0.05, 0) is 53.4 Å². The number of hydrogen-bond acceptors (Lipinski definition) is 5. The molecule has 176 valence electrons. The highest BCUT2D eigenvalue weighted by Gasteiger charge is 2.18. The zero-order valence-electron chi connectivity index (χ0n) is 19.4. The third-order valence-electron chi connectivity index (χ3n) is 5.82. The van der Waals surface area contributed by atoms with Gasteiger partial charge in [0.1, 0.15) is 0 Å². The van der Waals surface area contributed by atoms with Crippen molar-refractivity contribution >= 4 is 16.8 Å². The Labute approximate surface area is 198 Å². The molecule has 0 aliphatic rings. The molecule has 0 spiro atoms. The van der Waals surface area contributed by atoms with E-state index in [0.717, 1.165) is 27.6 Å². The molecule has 7 heteroatoms. The Hall–Kier alpha value is -3.97. The highest BCUT2D eigenvalue weighted by molar-refractivity contribution is 5.96. The molecule has 0 aliphatic carbocycles. The highest BCUT2D eigenvalue weighted by atomic mass is 16.5. The number of carbonyl (C=O) groups is 1. The number of carbonyl (C=O) groups excluding carboxylic acids is 1. The summed E-state index contributed by atoms with van der Waals surface area (Å²) in [6.45, 7) is -0.169. The molecule has 0 unspecified atom stereocenters. The van der Waals surface area contributed by atoms with Crippen LogP contribution in [0.4, 0.5) is 0 Å². The summed E-state index contributed by atoms with van der Waals surface area (Å²) < 4.78 is 16.3. The summed E-state index contributed by atoms with van der Waals surface area (Å²) in [4.78, 5) is 16.3. The second-order valence-corrected chi connectivity index (χ2v) is 7.91. The summed E-state index contributed by atoms with van der Waals surface area (Å²) in [5.74, 6) is 1.32. The molecule has 1 aromatic heterocycles. The van der Waals surface area contributed by atoms with Crippen LogP contribution in [-0.2, 0) is 6.42 Å². The van der Waals surface area contributed by atoms with Crippen molar-refractivity contribution in [2.75, 3.05) is 27.9 Å². The van der Waals surface area contributed by atoms with Gasteiger partial charge in [-0.15, -0.1) is 0 Å². The molecule has 0 aliphatic heterocycles. The fourth-order valence-corrected chi connectivity index (χ4v) is 4.08. The Morgan fingerprint density at radius 3 is 2.35 bits per heavy atom. The SMILES string of the molecule is COc1cc(-c2cccc(C(=O)N[C@@H](CO)Cc3c[nH]c4ccccc34)c2)cc(OC)c1OC. The van der Waals surface area contributed by atoms with Crippen molar-refractivity contribution in [1.29, 1.82) is 0 Å². The van der Waals surface area contributed by atoms with Crippen LogP contribution in [0.1, 0.15) is 15.9 Å². The Bertz CT molecular complexity index is 1270. The smallest absolute Gasteiger partial charge is 0.251 e. The molecule has 1 amide bonds. The molecule has 4 aromatic rings. The third kappa shape index (κ3) is 4.70. The molecule has 4 rings (SSSR count). The van der Waals surface area contributed by atoms with Gasteiger partial charge in [-0.3, -0.25) is 4.79 Å². The number of fused-ring (bicyclic) bond motifs is 1. The van der Waals surface area contributed by atoms with Crippen LogP contribution in [0.5, 0.6) is 17.2 Å². The first-order valence-corrected chi connectivity index (χ1v) is 10.9. The maximum atomic E-state index is 13.0. The highest BCUT2D eigenvalue weighted by Crippen LogP contribution is 2.41. The summed E-state index contributed by atoms with van der Waals surface area (Å²) in [5.41, 5.74) is 4.20. The number of aliphatic hydroxyl groups is 1. The lowest BCUT2D eigenvalue weighted by atomic mass is 10.0. The molecule has 1 heterocycles. The maximum Gasteiger partial charge on any atom is 0.251 e. The molecule has 0 saturated carbocycles. The topological polar surface area (TPSA) is 92.8 Å². The second kappa shape index (κ2) is 10.3. The van der Waals surface area contributed by atoms with Crippen LogP contribution in [0.2, 0.25) is 0 Å². The number of aromatic amines is 1. The number of ether oxygens (including phenoxy) is 3. The number of para-hydroxylation sites is 1. The average molecular weight is 461 g/mol. The molecule has 1 atom stereocenters. The van der Waals surface area contributed by atoms with Gasteiger partial charge in [-0.1, -0.05) is 30.3 Å². The van der Waals surface area contributed by atoms with Gasteiger partial charge in [0.25, 0.3) is 5.91 Å². The zero-order chi connectivity index (χ0) is 24.1. The van der Waals surface area contributed by atoms with E-state index in [1.165, 1.54) is 0 Å². The van der Waals surface area contributed by atoms with Crippen LogP contribution < -0.4 is 19.5 Å². The summed E-state index contributed by atoms with van der Waals surface area (Å²) in [6, 6.07) is 18.5. The van der Waals surface area contributed by atoms with Gasteiger partial charge in [0.05, 0.1) is 34.0 Å². The molecular weight excluding hydrogens is 432 g/mol. The summed E-state index contributed by atoms with van der Waals surface area (Å²) in [7, 11) is 4.68. The predicted octanol–water partition coefficient (Wildman–Crippen LogP) is 4.19. The van der Waals surface area contributed by atoms with Crippen molar-refractivity contribution in [2.45, 2.75) is 12.5 Å². The standard InChI is InChI=1S/C27H28N2O5/c1-32-24-13-19(14-25(33-2)26(24)34-3)17-7-6-8-18(11-17)27(31)29-21(16-30)12-20-15-28-23-10-5-4-9-22(20)23/h4-11,13-15,21,28,30H,12,16H2,1-3H3,(H,29,31)/t21-/m1/s1. The number of methoxy groups -OCH3 is 3. The summed E-state index contributed by atoms with van der Waals surface area (Å²) in [6.07, 6.45) is 2.43. The molecule has 0 fully saturated rings. The van der Waals surface area contributed by atoms with Crippen LogP contribution in [0.25, 0.3) is 22.0 Å². The molecule has 0 radical (unpaired) electrons. The third-order valence-corrected chi connectivity index (χ3v) is 5.82. The quantitative estimate of drug-likeness (QED) is 0.348. The normalized spacial score (nSPS) is 11.8. The first-order valence-electron chi connectivity index (χ1n) is 10.9. The zero-order valence-corrected chi connectivity index (χ0v) is 19.4. The minimum Gasteiger partial charge on any atom is -0.493 e.